The van der Waals surface area contributed by atoms with Gasteiger partial charge in [0, 0.05) is 37.0 Å². The summed E-state index contributed by atoms with van der Waals surface area (Å²) in [4.78, 5) is 15.2. The minimum atomic E-state index is -0.125. The fraction of sp³-hybridized carbons (Fsp3) is 0.226. The van der Waals surface area contributed by atoms with Gasteiger partial charge in [0.2, 0.25) is 0 Å². The maximum Gasteiger partial charge on any atom is 0.155 e. The number of benzene rings is 3. The average molecular weight is 641 g/mol. The van der Waals surface area contributed by atoms with Crippen molar-refractivity contribution in [1.29, 1.82) is 0 Å². The SMILES string of the molecule is CC(=O)/C=C(/C)O.Cc1[c-]c(-c2nc3ccccc3c3c2-c2ccccc2C3(C)C)cc(C)c1.[Ir]. The van der Waals surface area contributed by atoms with E-state index >= 15 is 0 Å². The number of hydrogen-bond donors (Lipinski definition) is 1. The van der Waals surface area contributed by atoms with Crippen LogP contribution in [0.25, 0.3) is 33.3 Å². The molecular formula is C31H30IrNO2-. The number of carbonyl (C=O) groups excluding carboxylic acids is 1. The molecule has 0 unspecified atom stereocenters. The van der Waals surface area contributed by atoms with E-state index < -0.39 is 0 Å². The summed E-state index contributed by atoms with van der Waals surface area (Å²) in [6, 6.07) is 25.2. The Bertz CT molecular complexity index is 1430. The molecule has 4 heteroatoms. The Morgan fingerprint density at radius 2 is 1.66 bits per heavy atom. The number of carbonyl (C=O) groups is 1. The quantitative estimate of drug-likeness (QED) is 0.139. The summed E-state index contributed by atoms with van der Waals surface area (Å²) in [5.41, 5.74) is 10.9. The van der Waals surface area contributed by atoms with Crippen molar-refractivity contribution in [3.05, 3.63) is 101 Å². The van der Waals surface area contributed by atoms with Crippen LogP contribution in [0.15, 0.2) is 72.5 Å². The third-order valence-corrected chi connectivity index (χ3v) is 6.20. The molecule has 1 radical (unpaired) electrons. The molecule has 0 amide bonds. The van der Waals surface area contributed by atoms with E-state index in [9.17, 15) is 4.79 Å². The summed E-state index contributed by atoms with van der Waals surface area (Å²) < 4.78 is 0. The molecule has 1 aliphatic carbocycles. The van der Waals surface area contributed by atoms with Crippen molar-refractivity contribution in [3.8, 4) is 22.4 Å². The van der Waals surface area contributed by atoms with Gasteiger partial charge in [-0.25, -0.2) is 0 Å². The van der Waals surface area contributed by atoms with Crippen LogP contribution >= 0.6 is 0 Å². The zero-order valence-electron chi connectivity index (χ0n) is 21.0. The molecule has 35 heavy (non-hydrogen) atoms. The van der Waals surface area contributed by atoms with Gasteiger partial charge in [0.25, 0.3) is 0 Å². The van der Waals surface area contributed by atoms with Crippen LogP contribution in [-0.4, -0.2) is 15.9 Å². The van der Waals surface area contributed by atoms with Crippen LogP contribution in [0.3, 0.4) is 0 Å². The summed E-state index contributed by atoms with van der Waals surface area (Å²) in [6.45, 7) is 11.8. The molecule has 0 aliphatic heterocycles. The number of aliphatic hydroxyl groups is 1. The summed E-state index contributed by atoms with van der Waals surface area (Å²) in [7, 11) is 0. The van der Waals surface area contributed by atoms with Gasteiger partial charge in [-0.15, -0.1) is 34.9 Å². The van der Waals surface area contributed by atoms with E-state index in [0.717, 1.165) is 22.3 Å². The van der Waals surface area contributed by atoms with Crippen molar-refractivity contribution in [1.82, 2.24) is 4.98 Å². The van der Waals surface area contributed by atoms with E-state index in [0.29, 0.717) is 0 Å². The maximum atomic E-state index is 10.0. The molecule has 3 nitrogen and oxygen atoms in total. The Labute approximate surface area is 221 Å². The zero-order chi connectivity index (χ0) is 24.6. The predicted molar refractivity (Wildman–Crippen MR) is 140 cm³/mol. The van der Waals surface area contributed by atoms with E-state index in [2.05, 4.69) is 94.4 Å². The Kier molecular flexibility index (Phi) is 7.79. The average Bonchev–Trinajstić information content (AvgIpc) is 3.00. The predicted octanol–water partition coefficient (Wildman–Crippen LogP) is 7.66. The molecule has 1 N–H and O–H groups in total. The molecule has 1 aromatic heterocycles. The van der Waals surface area contributed by atoms with Crippen LogP contribution in [0.1, 0.15) is 49.9 Å². The summed E-state index contributed by atoms with van der Waals surface area (Å²) in [6.07, 6.45) is 1.17. The first kappa shape index (κ1) is 26.5. The Morgan fingerprint density at radius 3 is 2.29 bits per heavy atom. The van der Waals surface area contributed by atoms with Gasteiger partial charge in [-0.1, -0.05) is 70.2 Å². The third kappa shape index (κ3) is 5.15. The first-order chi connectivity index (χ1) is 16.1. The number of para-hydroxylation sites is 1. The molecule has 0 saturated heterocycles. The molecule has 5 rings (SSSR count). The van der Waals surface area contributed by atoms with E-state index in [-0.39, 0.29) is 37.1 Å². The monoisotopic (exact) mass is 641 g/mol. The van der Waals surface area contributed by atoms with Crippen LogP contribution in [0.5, 0.6) is 0 Å². The number of rotatable bonds is 2. The summed E-state index contributed by atoms with van der Waals surface area (Å²) >= 11 is 0. The summed E-state index contributed by atoms with van der Waals surface area (Å²) in [5, 5.41) is 9.61. The van der Waals surface area contributed by atoms with Crippen molar-refractivity contribution >= 4 is 16.7 Å². The minimum absolute atomic E-state index is 0. The molecule has 0 fully saturated rings. The van der Waals surface area contributed by atoms with Gasteiger partial charge in [-0.05, 0) is 47.9 Å². The van der Waals surface area contributed by atoms with Crippen molar-refractivity contribution in [2.75, 3.05) is 0 Å². The van der Waals surface area contributed by atoms with E-state index in [1.54, 1.807) is 0 Å². The van der Waals surface area contributed by atoms with Crippen LogP contribution < -0.4 is 0 Å². The molecule has 4 aromatic rings. The zero-order valence-corrected chi connectivity index (χ0v) is 23.4. The second kappa shape index (κ2) is 10.3. The molecule has 3 aromatic carbocycles. The van der Waals surface area contributed by atoms with Crippen molar-refractivity contribution in [3.63, 3.8) is 0 Å². The number of allylic oxidation sites excluding steroid dienone is 2. The van der Waals surface area contributed by atoms with Crippen LogP contribution in [0, 0.1) is 19.9 Å². The van der Waals surface area contributed by atoms with Crippen molar-refractivity contribution in [2.24, 2.45) is 0 Å². The van der Waals surface area contributed by atoms with Crippen molar-refractivity contribution in [2.45, 2.75) is 47.0 Å². The van der Waals surface area contributed by atoms with Gasteiger partial charge in [0.1, 0.15) is 0 Å². The minimum Gasteiger partial charge on any atom is -0.512 e. The van der Waals surface area contributed by atoms with Crippen LogP contribution in [0.4, 0.5) is 0 Å². The normalized spacial score (nSPS) is 13.3. The number of aryl methyl sites for hydroxylation is 2. The molecule has 0 spiro atoms. The summed E-state index contributed by atoms with van der Waals surface area (Å²) in [5.74, 6) is -0.0625. The van der Waals surface area contributed by atoms with E-state index in [4.69, 9.17) is 10.1 Å². The second-order valence-corrected chi connectivity index (χ2v) is 9.55. The van der Waals surface area contributed by atoms with E-state index in [1.165, 1.54) is 53.1 Å². The second-order valence-electron chi connectivity index (χ2n) is 9.55. The number of hydrogen-bond acceptors (Lipinski definition) is 3. The number of fused-ring (bicyclic) bond motifs is 5. The molecule has 181 valence electrons. The fourth-order valence-corrected chi connectivity index (χ4v) is 5.02. The molecular weight excluding hydrogens is 611 g/mol. The van der Waals surface area contributed by atoms with Gasteiger partial charge in [-0.2, -0.15) is 0 Å². The first-order valence-corrected chi connectivity index (χ1v) is 11.5. The Morgan fingerprint density at radius 1 is 1.00 bits per heavy atom. The van der Waals surface area contributed by atoms with Gasteiger partial charge >= 0.3 is 0 Å². The largest absolute Gasteiger partial charge is 0.512 e. The standard InChI is InChI=1S/C26H22N.C5H8O2.Ir/c1-16-13-17(2)15-18(14-16)25-23-19-9-5-7-11-21(19)26(3,4)24(23)20-10-6-8-12-22(20)27-25;1-4(6)3-5(2)7;/h5-14H,1-4H3;3,6H,1-2H3;/q-1;;/b;4-3-;. The topological polar surface area (TPSA) is 50.2 Å². The first-order valence-electron chi connectivity index (χ1n) is 11.5. The van der Waals surface area contributed by atoms with Gasteiger partial charge < -0.3 is 5.11 Å². The van der Waals surface area contributed by atoms with Gasteiger partial charge in [-0.3, -0.25) is 9.78 Å². The number of aromatic nitrogens is 1. The molecule has 0 atom stereocenters. The molecule has 0 saturated carbocycles. The smallest absolute Gasteiger partial charge is 0.155 e. The van der Waals surface area contributed by atoms with Crippen LogP contribution in [-0.2, 0) is 30.3 Å². The molecule has 1 heterocycles. The number of ketones is 1. The van der Waals surface area contributed by atoms with Crippen molar-refractivity contribution < 1.29 is 30.0 Å². The van der Waals surface area contributed by atoms with Crippen LogP contribution in [0.2, 0.25) is 0 Å². The third-order valence-electron chi connectivity index (χ3n) is 6.20. The Hall–Kier alpha value is -3.07. The van der Waals surface area contributed by atoms with Gasteiger partial charge in [0.15, 0.2) is 5.78 Å². The van der Waals surface area contributed by atoms with Gasteiger partial charge in [0.05, 0.1) is 11.3 Å². The molecule has 1 aliphatic rings. The maximum absolute atomic E-state index is 10.0. The number of nitrogens with zero attached hydrogens (tertiary/aromatic N) is 1. The number of aliphatic hydroxyl groups excluding tert-OH is 1. The van der Waals surface area contributed by atoms with E-state index in [1.807, 2.05) is 0 Å². The Balaban J connectivity index is 0.000000378. The fourth-order valence-electron chi connectivity index (χ4n) is 5.02. The number of pyridine rings is 1. The molecule has 0 bridgehead atoms.